The molecular weight excluding hydrogens is 296 g/mol. The van der Waals surface area contributed by atoms with E-state index in [9.17, 15) is 9.59 Å². The number of carbonyl (C=O) groups excluding carboxylic acids is 1. The zero-order valence-corrected chi connectivity index (χ0v) is 13.5. The fraction of sp³-hybridized carbons (Fsp3) is 0.588. The van der Waals surface area contributed by atoms with Crippen LogP contribution in [0.25, 0.3) is 0 Å². The van der Waals surface area contributed by atoms with E-state index in [2.05, 4.69) is 10.3 Å². The van der Waals surface area contributed by atoms with E-state index in [0.29, 0.717) is 19.8 Å². The number of hydrogen-bond acceptors (Lipinski definition) is 4. The predicted octanol–water partition coefficient (Wildman–Crippen LogP) is 2.50. The first kappa shape index (κ1) is 17.4. The Kier molecular flexibility index (Phi) is 6.10. The number of pyridine rings is 1. The van der Waals surface area contributed by atoms with E-state index in [4.69, 9.17) is 9.84 Å². The zero-order chi connectivity index (χ0) is 16.7. The van der Waals surface area contributed by atoms with Crippen molar-refractivity contribution < 1.29 is 19.4 Å². The van der Waals surface area contributed by atoms with Gasteiger partial charge in [0.1, 0.15) is 5.69 Å². The van der Waals surface area contributed by atoms with Crippen LogP contribution in [0.3, 0.4) is 0 Å². The molecule has 1 amide bonds. The minimum absolute atomic E-state index is 0.0667. The molecule has 1 saturated carbocycles. The minimum atomic E-state index is -1.06. The highest BCUT2D eigenvalue weighted by molar-refractivity contribution is 5.95. The highest BCUT2D eigenvalue weighted by Crippen LogP contribution is 2.40. The molecule has 1 aromatic heterocycles. The van der Waals surface area contributed by atoms with Crippen LogP contribution >= 0.6 is 0 Å². The standard InChI is InChI=1S/C17H24N2O4/c1-2-23-10-8-17(6-3-4-7-17)12-19-15(20)14-11-13(16(21)22)5-9-18-14/h5,9,11H,2-4,6-8,10,12H2,1H3,(H,19,20)(H,21,22). The van der Waals surface area contributed by atoms with Crippen LogP contribution < -0.4 is 5.32 Å². The number of nitrogens with zero attached hydrogens (tertiary/aromatic N) is 1. The van der Waals surface area contributed by atoms with Crippen LogP contribution in [-0.2, 0) is 4.74 Å². The van der Waals surface area contributed by atoms with Crippen molar-refractivity contribution in [3.05, 3.63) is 29.6 Å². The number of carboxylic acid groups (broad SMARTS) is 1. The van der Waals surface area contributed by atoms with Gasteiger partial charge in [-0.25, -0.2) is 4.79 Å². The molecular formula is C17H24N2O4. The number of aromatic nitrogens is 1. The number of carbonyl (C=O) groups is 2. The molecule has 0 saturated heterocycles. The molecule has 1 aliphatic carbocycles. The van der Waals surface area contributed by atoms with Gasteiger partial charge in [0.05, 0.1) is 5.56 Å². The Labute approximate surface area is 136 Å². The Morgan fingerprint density at radius 3 is 2.78 bits per heavy atom. The second kappa shape index (κ2) is 8.06. The summed E-state index contributed by atoms with van der Waals surface area (Å²) in [5.74, 6) is -1.39. The van der Waals surface area contributed by atoms with Gasteiger partial charge in [0, 0.05) is 26.0 Å². The molecule has 0 aliphatic heterocycles. The first-order valence-corrected chi connectivity index (χ1v) is 8.12. The normalized spacial score (nSPS) is 16.2. The third-order valence-electron chi connectivity index (χ3n) is 4.51. The van der Waals surface area contributed by atoms with Crippen LogP contribution in [0.2, 0.25) is 0 Å². The average molecular weight is 320 g/mol. The van der Waals surface area contributed by atoms with Gasteiger partial charge in [0.2, 0.25) is 0 Å². The maximum Gasteiger partial charge on any atom is 0.335 e. The number of hydrogen-bond donors (Lipinski definition) is 2. The Hall–Kier alpha value is -1.95. The van der Waals surface area contributed by atoms with E-state index < -0.39 is 5.97 Å². The van der Waals surface area contributed by atoms with Crippen molar-refractivity contribution in [1.82, 2.24) is 10.3 Å². The van der Waals surface area contributed by atoms with E-state index in [0.717, 1.165) is 19.3 Å². The summed E-state index contributed by atoms with van der Waals surface area (Å²) < 4.78 is 5.46. The van der Waals surface area contributed by atoms with Crippen LogP contribution in [0, 0.1) is 5.41 Å². The molecule has 0 radical (unpaired) electrons. The van der Waals surface area contributed by atoms with Crippen LogP contribution in [-0.4, -0.2) is 41.7 Å². The van der Waals surface area contributed by atoms with Crippen LogP contribution in [0.1, 0.15) is 59.9 Å². The SMILES string of the molecule is CCOCCC1(CNC(=O)c2cc(C(=O)O)ccn2)CCCC1. The summed E-state index contributed by atoms with van der Waals surface area (Å²) >= 11 is 0. The number of nitrogens with one attached hydrogen (secondary N) is 1. The molecule has 6 nitrogen and oxygen atoms in total. The van der Waals surface area contributed by atoms with Gasteiger partial charge in [-0.1, -0.05) is 12.8 Å². The zero-order valence-electron chi connectivity index (χ0n) is 13.5. The molecule has 0 bridgehead atoms. The number of rotatable bonds is 8. The Balaban J connectivity index is 1.96. The molecule has 126 valence electrons. The molecule has 0 aromatic carbocycles. The number of aromatic carboxylic acids is 1. The fourth-order valence-corrected chi connectivity index (χ4v) is 3.12. The van der Waals surface area contributed by atoms with Crippen LogP contribution in [0.5, 0.6) is 0 Å². The van der Waals surface area contributed by atoms with Crippen molar-refractivity contribution in [1.29, 1.82) is 0 Å². The fourth-order valence-electron chi connectivity index (χ4n) is 3.12. The monoisotopic (exact) mass is 320 g/mol. The molecule has 0 atom stereocenters. The van der Waals surface area contributed by atoms with E-state index >= 15 is 0 Å². The number of carboxylic acids is 1. The van der Waals surface area contributed by atoms with Crippen molar-refractivity contribution in [2.45, 2.75) is 39.0 Å². The molecule has 2 N–H and O–H groups in total. The van der Waals surface area contributed by atoms with Crippen molar-refractivity contribution in [2.75, 3.05) is 19.8 Å². The lowest BCUT2D eigenvalue weighted by Gasteiger charge is -2.29. The quantitative estimate of drug-likeness (QED) is 0.718. The largest absolute Gasteiger partial charge is 0.478 e. The van der Waals surface area contributed by atoms with Gasteiger partial charge in [-0.2, -0.15) is 0 Å². The molecule has 23 heavy (non-hydrogen) atoms. The molecule has 1 aromatic rings. The lowest BCUT2D eigenvalue weighted by Crippen LogP contribution is -2.37. The Morgan fingerprint density at radius 2 is 2.13 bits per heavy atom. The van der Waals surface area contributed by atoms with Gasteiger partial charge in [0.15, 0.2) is 0 Å². The van der Waals surface area contributed by atoms with Crippen molar-refractivity contribution in [2.24, 2.45) is 5.41 Å². The number of ether oxygens (including phenoxy) is 1. The van der Waals surface area contributed by atoms with E-state index in [1.165, 1.54) is 31.2 Å². The van der Waals surface area contributed by atoms with E-state index in [-0.39, 0.29) is 22.6 Å². The third kappa shape index (κ3) is 4.76. The summed E-state index contributed by atoms with van der Waals surface area (Å²) in [6.45, 7) is 3.97. The second-order valence-electron chi connectivity index (χ2n) is 6.07. The highest BCUT2D eigenvalue weighted by Gasteiger charge is 2.34. The van der Waals surface area contributed by atoms with Gasteiger partial charge in [-0.15, -0.1) is 0 Å². The molecule has 6 heteroatoms. The molecule has 0 unspecified atom stereocenters. The topological polar surface area (TPSA) is 88.5 Å². The summed E-state index contributed by atoms with van der Waals surface area (Å²) in [4.78, 5) is 27.2. The first-order valence-electron chi connectivity index (χ1n) is 8.12. The van der Waals surface area contributed by atoms with Crippen LogP contribution in [0.4, 0.5) is 0 Å². The van der Waals surface area contributed by atoms with Crippen LogP contribution in [0.15, 0.2) is 18.3 Å². The highest BCUT2D eigenvalue weighted by atomic mass is 16.5. The second-order valence-corrected chi connectivity index (χ2v) is 6.07. The average Bonchev–Trinajstić information content (AvgIpc) is 3.02. The lowest BCUT2D eigenvalue weighted by atomic mass is 9.83. The first-order chi connectivity index (χ1) is 11.1. The summed E-state index contributed by atoms with van der Waals surface area (Å²) in [6.07, 6.45) is 6.80. The van der Waals surface area contributed by atoms with Gasteiger partial charge < -0.3 is 15.2 Å². The van der Waals surface area contributed by atoms with E-state index in [1.54, 1.807) is 0 Å². The summed E-state index contributed by atoms with van der Waals surface area (Å²) in [6, 6.07) is 2.68. The molecule has 2 rings (SSSR count). The smallest absolute Gasteiger partial charge is 0.335 e. The van der Waals surface area contributed by atoms with Gasteiger partial charge in [0.25, 0.3) is 5.91 Å². The third-order valence-corrected chi connectivity index (χ3v) is 4.51. The Morgan fingerprint density at radius 1 is 1.39 bits per heavy atom. The maximum absolute atomic E-state index is 12.3. The summed E-state index contributed by atoms with van der Waals surface area (Å²) in [5, 5.41) is 11.9. The molecule has 1 fully saturated rings. The predicted molar refractivity (Wildman–Crippen MR) is 85.5 cm³/mol. The molecule has 1 heterocycles. The maximum atomic E-state index is 12.3. The van der Waals surface area contributed by atoms with Gasteiger partial charge in [-0.3, -0.25) is 9.78 Å². The molecule has 0 spiro atoms. The lowest BCUT2D eigenvalue weighted by molar-refractivity contribution is 0.0696. The summed E-state index contributed by atoms with van der Waals surface area (Å²) in [7, 11) is 0. The Bertz CT molecular complexity index is 553. The summed E-state index contributed by atoms with van der Waals surface area (Å²) in [5.41, 5.74) is 0.301. The minimum Gasteiger partial charge on any atom is -0.478 e. The van der Waals surface area contributed by atoms with Crippen molar-refractivity contribution in [3.8, 4) is 0 Å². The molecule has 1 aliphatic rings. The van der Waals surface area contributed by atoms with Crippen molar-refractivity contribution in [3.63, 3.8) is 0 Å². The van der Waals surface area contributed by atoms with Gasteiger partial charge in [-0.05, 0) is 43.7 Å². The van der Waals surface area contributed by atoms with E-state index in [1.807, 2.05) is 6.92 Å². The number of amides is 1. The van der Waals surface area contributed by atoms with Crippen molar-refractivity contribution >= 4 is 11.9 Å². The van der Waals surface area contributed by atoms with Gasteiger partial charge >= 0.3 is 5.97 Å².